The smallest absolute Gasteiger partial charge is 0.228 e. The van der Waals surface area contributed by atoms with Gasteiger partial charge in [0, 0.05) is 32.0 Å². The van der Waals surface area contributed by atoms with Crippen LogP contribution in [0.1, 0.15) is 44.2 Å². The predicted molar refractivity (Wildman–Crippen MR) is 78.2 cm³/mol. The monoisotopic (exact) mass is 275 g/mol. The molecule has 0 radical (unpaired) electrons. The Balaban J connectivity index is 1.50. The van der Waals surface area contributed by atoms with E-state index in [0.717, 1.165) is 30.6 Å². The zero-order valence-electron chi connectivity index (χ0n) is 12.4. The largest absolute Gasteiger partial charge is 0.342 e. The number of likely N-dealkylation sites (tertiary alicyclic amines) is 1. The number of nitrogens with zero attached hydrogens (tertiary/aromatic N) is 3. The van der Waals surface area contributed by atoms with Crippen molar-refractivity contribution in [3.05, 3.63) is 18.2 Å². The summed E-state index contributed by atoms with van der Waals surface area (Å²) in [6, 6.07) is 0. The van der Waals surface area contributed by atoms with Crippen LogP contribution in [0.15, 0.2) is 12.5 Å². The number of amides is 1. The standard InChI is InChI=1S/C16H25N3O/c1-18-12-17-11-15(18)10-16(20)19-8-6-14(7-9-19)13-4-2-3-5-13/h11-14H,2-10H2,1H3. The lowest BCUT2D eigenvalue weighted by Crippen LogP contribution is -2.40. The van der Waals surface area contributed by atoms with Crippen molar-refractivity contribution in [2.45, 2.75) is 44.9 Å². The molecule has 3 rings (SSSR count). The van der Waals surface area contributed by atoms with Crippen molar-refractivity contribution in [3.63, 3.8) is 0 Å². The van der Waals surface area contributed by atoms with Crippen LogP contribution in [0.3, 0.4) is 0 Å². The number of aromatic nitrogens is 2. The summed E-state index contributed by atoms with van der Waals surface area (Å²) in [5, 5.41) is 0. The Hall–Kier alpha value is -1.32. The molecule has 1 saturated heterocycles. The van der Waals surface area contributed by atoms with Crippen molar-refractivity contribution < 1.29 is 4.79 Å². The first kappa shape index (κ1) is 13.7. The number of piperidine rings is 1. The fourth-order valence-electron chi connectivity index (χ4n) is 3.87. The van der Waals surface area contributed by atoms with E-state index < -0.39 is 0 Å². The van der Waals surface area contributed by atoms with Gasteiger partial charge in [-0.15, -0.1) is 0 Å². The maximum Gasteiger partial charge on any atom is 0.228 e. The van der Waals surface area contributed by atoms with Crippen LogP contribution in [0.25, 0.3) is 0 Å². The normalized spacial score (nSPS) is 21.6. The molecule has 0 atom stereocenters. The maximum atomic E-state index is 12.3. The lowest BCUT2D eigenvalue weighted by molar-refractivity contribution is -0.132. The first-order chi connectivity index (χ1) is 9.74. The molecule has 4 nitrogen and oxygen atoms in total. The minimum Gasteiger partial charge on any atom is -0.342 e. The van der Waals surface area contributed by atoms with E-state index in [-0.39, 0.29) is 5.91 Å². The highest BCUT2D eigenvalue weighted by atomic mass is 16.2. The van der Waals surface area contributed by atoms with E-state index in [2.05, 4.69) is 9.88 Å². The Bertz CT molecular complexity index is 454. The van der Waals surface area contributed by atoms with Gasteiger partial charge in [0.2, 0.25) is 5.91 Å². The quantitative estimate of drug-likeness (QED) is 0.849. The van der Waals surface area contributed by atoms with Gasteiger partial charge in [-0.3, -0.25) is 4.79 Å². The van der Waals surface area contributed by atoms with Crippen LogP contribution in [0.4, 0.5) is 0 Å². The van der Waals surface area contributed by atoms with Gasteiger partial charge in [-0.25, -0.2) is 4.98 Å². The number of rotatable bonds is 3. The van der Waals surface area contributed by atoms with E-state index in [9.17, 15) is 4.79 Å². The van der Waals surface area contributed by atoms with Gasteiger partial charge in [-0.2, -0.15) is 0 Å². The molecule has 1 saturated carbocycles. The summed E-state index contributed by atoms with van der Waals surface area (Å²) in [4.78, 5) is 18.5. The van der Waals surface area contributed by atoms with Crippen LogP contribution in [0.2, 0.25) is 0 Å². The van der Waals surface area contributed by atoms with Gasteiger partial charge in [-0.1, -0.05) is 25.7 Å². The summed E-state index contributed by atoms with van der Waals surface area (Å²) >= 11 is 0. The second kappa shape index (κ2) is 5.98. The molecule has 1 aromatic rings. The highest BCUT2D eigenvalue weighted by Crippen LogP contribution is 2.36. The van der Waals surface area contributed by atoms with Gasteiger partial charge in [-0.05, 0) is 24.7 Å². The fourth-order valence-corrected chi connectivity index (χ4v) is 3.87. The van der Waals surface area contributed by atoms with Gasteiger partial charge < -0.3 is 9.47 Å². The summed E-state index contributed by atoms with van der Waals surface area (Å²) < 4.78 is 1.93. The Morgan fingerprint density at radius 3 is 2.45 bits per heavy atom. The Labute approximate surface area is 121 Å². The molecule has 4 heteroatoms. The third-order valence-corrected chi connectivity index (χ3v) is 5.21. The van der Waals surface area contributed by atoms with Gasteiger partial charge in [0.25, 0.3) is 0 Å². The molecular weight excluding hydrogens is 250 g/mol. The van der Waals surface area contributed by atoms with Gasteiger partial charge in [0.1, 0.15) is 0 Å². The van der Waals surface area contributed by atoms with E-state index in [4.69, 9.17) is 0 Å². The SMILES string of the molecule is Cn1cncc1CC(=O)N1CCC(C2CCCC2)CC1. The molecule has 0 spiro atoms. The average molecular weight is 275 g/mol. The molecule has 2 fully saturated rings. The first-order valence-corrected chi connectivity index (χ1v) is 7.97. The average Bonchev–Trinajstić information content (AvgIpc) is 3.12. The zero-order valence-corrected chi connectivity index (χ0v) is 12.4. The van der Waals surface area contributed by atoms with Gasteiger partial charge >= 0.3 is 0 Å². The molecule has 0 unspecified atom stereocenters. The zero-order chi connectivity index (χ0) is 13.9. The molecule has 1 aromatic heterocycles. The Morgan fingerprint density at radius 2 is 1.85 bits per heavy atom. The Morgan fingerprint density at radius 1 is 1.20 bits per heavy atom. The maximum absolute atomic E-state index is 12.3. The number of carbonyl (C=O) groups excluding carboxylic acids is 1. The van der Waals surface area contributed by atoms with Crippen molar-refractivity contribution in [1.29, 1.82) is 0 Å². The summed E-state index contributed by atoms with van der Waals surface area (Å²) in [5.41, 5.74) is 1.01. The molecule has 2 aliphatic rings. The summed E-state index contributed by atoms with van der Waals surface area (Å²) in [6.45, 7) is 1.91. The molecule has 20 heavy (non-hydrogen) atoms. The van der Waals surface area contributed by atoms with Crippen molar-refractivity contribution in [2.75, 3.05) is 13.1 Å². The highest BCUT2D eigenvalue weighted by molar-refractivity contribution is 5.78. The van der Waals surface area contributed by atoms with Gasteiger partial charge in [0.05, 0.1) is 12.7 Å². The molecule has 0 N–H and O–H groups in total. The van der Waals surface area contributed by atoms with E-state index in [0.29, 0.717) is 6.42 Å². The van der Waals surface area contributed by atoms with Crippen LogP contribution in [-0.4, -0.2) is 33.4 Å². The van der Waals surface area contributed by atoms with E-state index in [1.54, 1.807) is 12.5 Å². The first-order valence-electron chi connectivity index (χ1n) is 7.97. The molecule has 1 aliphatic heterocycles. The summed E-state index contributed by atoms with van der Waals surface area (Å²) in [5.74, 6) is 2.08. The molecular formula is C16H25N3O. The summed E-state index contributed by atoms with van der Waals surface area (Å²) in [6.07, 6.45) is 12.2. The van der Waals surface area contributed by atoms with E-state index >= 15 is 0 Å². The number of aryl methyl sites for hydroxylation is 1. The molecule has 0 bridgehead atoms. The third-order valence-electron chi connectivity index (χ3n) is 5.21. The van der Waals surface area contributed by atoms with Crippen molar-refractivity contribution in [3.8, 4) is 0 Å². The Kier molecular flexibility index (Phi) is 4.08. The summed E-state index contributed by atoms with van der Waals surface area (Å²) in [7, 11) is 1.95. The van der Waals surface area contributed by atoms with Crippen LogP contribution < -0.4 is 0 Å². The molecule has 2 heterocycles. The topological polar surface area (TPSA) is 38.1 Å². The fraction of sp³-hybridized carbons (Fsp3) is 0.750. The number of hydrogen-bond donors (Lipinski definition) is 0. The van der Waals surface area contributed by atoms with Crippen LogP contribution >= 0.6 is 0 Å². The highest BCUT2D eigenvalue weighted by Gasteiger charge is 2.30. The lowest BCUT2D eigenvalue weighted by Gasteiger charge is -2.35. The van der Waals surface area contributed by atoms with E-state index in [1.807, 2.05) is 11.6 Å². The lowest BCUT2D eigenvalue weighted by atomic mass is 9.83. The minimum absolute atomic E-state index is 0.262. The van der Waals surface area contributed by atoms with Crippen molar-refractivity contribution in [1.82, 2.24) is 14.5 Å². The molecule has 0 aromatic carbocycles. The number of imidazole rings is 1. The second-order valence-corrected chi connectivity index (χ2v) is 6.44. The van der Waals surface area contributed by atoms with Crippen LogP contribution in [-0.2, 0) is 18.3 Å². The predicted octanol–water partition coefficient (Wildman–Crippen LogP) is 2.39. The number of carbonyl (C=O) groups is 1. The van der Waals surface area contributed by atoms with E-state index in [1.165, 1.54) is 38.5 Å². The van der Waals surface area contributed by atoms with Crippen molar-refractivity contribution in [2.24, 2.45) is 18.9 Å². The number of hydrogen-bond acceptors (Lipinski definition) is 2. The van der Waals surface area contributed by atoms with Crippen LogP contribution in [0.5, 0.6) is 0 Å². The van der Waals surface area contributed by atoms with Crippen molar-refractivity contribution >= 4 is 5.91 Å². The third kappa shape index (κ3) is 2.89. The van der Waals surface area contributed by atoms with Gasteiger partial charge in [0.15, 0.2) is 0 Å². The minimum atomic E-state index is 0.262. The van der Waals surface area contributed by atoms with Crippen LogP contribution in [0, 0.1) is 11.8 Å². The molecule has 1 amide bonds. The molecule has 1 aliphatic carbocycles. The molecule has 110 valence electrons. The second-order valence-electron chi connectivity index (χ2n) is 6.44.